The summed E-state index contributed by atoms with van der Waals surface area (Å²) in [5.41, 5.74) is 1.10. The predicted octanol–water partition coefficient (Wildman–Crippen LogP) is 1.85. The van der Waals surface area contributed by atoms with Crippen LogP contribution in [-0.2, 0) is 11.2 Å². The summed E-state index contributed by atoms with van der Waals surface area (Å²) >= 11 is 1.26. The number of aromatic nitrogens is 3. The standard InChI is InChI=1S/C15H19N5O2S/c1-3-12-18-15(20-19-12)23-9-13(21)17-11-7-5-6-10(8-11)14(22)16-4-2/h5-8H,3-4,9H2,1-2H3,(H,16,22)(H,17,21)(H,18,19,20). The molecule has 0 saturated heterocycles. The van der Waals surface area contributed by atoms with Gasteiger partial charge in [-0.15, -0.1) is 5.10 Å². The summed E-state index contributed by atoms with van der Waals surface area (Å²) in [7, 11) is 0. The number of benzene rings is 1. The molecule has 1 aromatic heterocycles. The first kappa shape index (κ1) is 17.0. The molecule has 23 heavy (non-hydrogen) atoms. The van der Waals surface area contributed by atoms with Crippen LogP contribution in [0.5, 0.6) is 0 Å². The highest BCUT2D eigenvalue weighted by molar-refractivity contribution is 7.99. The second-order valence-electron chi connectivity index (χ2n) is 4.70. The van der Waals surface area contributed by atoms with Crippen LogP contribution in [0.4, 0.5) is 5.69 Å². The molecule has 1 aromatic carbocycles. The van der Waals surface area contributed by atoms with Crippen molar-refractivity contribution in [3.8, 4) is 0 Å². The van der Waals surface area contributed by atoms with Crippen LogP contribution in [0.1, 0.15) is 30.0 Å². The van der Waals surface area contributed by atoms with Gasteiger partial charge in [-0.25, -0.2) is 4.98 Å². The van der Waals surface area contributed by atoms with Crippen molar-refractivity contribution in [3.05, 3.63) is 35.7 Å². The van der Waals surface area contributed by atoms with Crippen LogP contribution in [0.3, 0.4) is 0 Å². The van der Waals surface area contributed by atoms with Crippen LogP contribution in [0.2, 0.25) is 0 Å². The third-order valence-electron chi connectivity index (χ3n) is 2.92. The third-order valence-corrected chi connectivity index (χ3v) is 3.77. The number of H-pyrrole nitrogens is 1. The maximum Gasteiger partial charge on any atom is 0.251 e. The highest BCUT2D eigenvalue weighted by atomic mass is 32.2. The highest BCUT2D eigenvalue weighted by Gasteiger charge is 2.09. The fraction of sp³-hybridized carbons (Fsp3) is 0.333. The summed E-state index contributed by atoms with van der Waals surface area (Å²) in [6, 6.07) is 6.83. The molecule has 0 saturated carbocycles. The first-order valence-corrected chi connectivity index (χ1v) is 8.33. The second-order valence-corrected chi connectivity index (χ2v) is 5.64. The lowest BCUT2D eigenvalue weighted by molar-refractivity contribution is -0.113. The maximum absolute atomic E-state index is 12.0. The number of amides is 2. The number of hydrogen-bond acceptors (Lipinski definition) is 5. The van der Waals surface area contributed by atoms with E-state index in [1.165, 1.54) is 11.8 Å². The van der Waals surface area contributed by atoms with Crippen molar-refractivity contribution < 1.29 is 9.59 Å². The first-order chi connectivity index (χ1) is 11.1. The van der Waals surface area contributed by atoms with Crippen LogP contribution in [0.25, 0.3) is 0 Å². The number of nitrogens with one attached hydrogen (secondary N) is 3. The van der Waals surface area contributed by atoms with E-state index in [4.69, 9.17) is 0 Å². The van der Waals surface area contributed by atoms with E-state index in [1.807, 2.05) is 13.8 Å². The number of hydrogen-bond donors (Lipinski definition) is 3. The van der Waals surface area contributed by atoms with Gasteiger partial charge in [-0.3, -0.25) is 14.7 Å². The Balaban J connectivity index is 1.89. The Kier molecular flexibility index (Phi) is 6.16. The fourth-order valence-electron chi connectivity index (χ4n) is 1.83. The number of nitrogens with zero attached hydrogens (tertiary/aromatic N) is 2. The zero-order chi connectivity index (χ0) is 16.7. The van der Waals surface area contributed by atoms with E-state index in [9.17, 15) is 9.59 Å². The van der Waals surface area contributed by atoms with E-state index >= 15 is 0 Å². The van der Waals surface area contributed by atoms with E-state index in [0.717, 1.165) is 12.2 Å². The molecule has 0 radical (unpaired) electrons. The first-order valence-electron chi connectivity index (χ1n) is 7.34. The average molecular weight is 333 g/mol. The number of aromatic amines is 1. The minimum absolute atomic E-state index is 0.161. The van der Waals surface area contributed by atoms with Gasteiger partial charge < -0.3 is 10.6 Å². The van der Waals surface area contributed by atoms with Crippen molar-refractivity contribution in [1.82, 2.24) is 20.5 Å². The molecule has 0 aliphatic rings. The van der Waals surface area contributed by atoms with Crippen molar-refractivity contribution in [2.24, 2.45) is 0 Å². The van der Waals surface area contributed by atoms with Gasteiger partial charge in [0.25, 0.3) is 5.91 Å². The lowest BCUT2D eigenvalue weighted by Crippen LogP contribution is -2.23. The average Bonchev–Trinajstić information content (AvgIpc) is 3.01. The van der Waals surface area contributed by atoms with Crippen LogP contribution < -0.4 is 10.6 Å². The summed E-state index contributed by atoms with van der Waals surface area (Å²) in [5, 5.41) is 12.9. The summed E-state index contributed by atoms with van der Waals surface area (Å²) in [6.45, 7) is 4.39. The molecule has 0 aliphatic carbocycles. The van der Waals surface area contributed by atoms with Crippen molar-refractivity contribution in [1.29, 1.82) is 0 Å². The summed E-state index contributed by atoms with van der Waals surface area (Å²) in [5.74, 6) is 0.658. The Bertz CT molecular complexity index is 686. The van der Waals surface area contributed by atoms with E-state index in [1.54, 1.807) is 24.3 Å². The van der Waals surface area contributed by atoms with Gasteiger partial charge >= 0.3 is 0 Å². The molecule has 2 rings (SSSR count). The van der Waals surface area contributed by atoms with Crippen molar-refractivity contribution in [2.45, 2.75) is 25.4 Å². The van der Waals surface area contributed by atoms with E-state index < -0.39 is 0 Å². The molecule has 1 heterocycles. The molecule has 0 atom stereocenters. The zero-order valence-corrected chi connectivity index (χ0v) is 13.9. The Labute approximate surface area is 138 Å². The Morgan fingerprint density at radius 3 is 2.83 bits per heavy atom. The molecule has 7 nitrogen and oxygen atoms in total. The number of rotatable bonds is 7. The van der Waals surface area contributed by atoms with Gasteiger partial charge in [0.05, 0.1) is 5.75 Å². The van der Waals surface area contributed by atoms with Gasteiger partial charge in [0.15, 0.2) is 0 Å². The molecule has 122 valence electrons. The van der Waals surface area contributed by atoms with Gasteiger partial charge in [0, 0.05) is 24.2 Å². The number of anilines is 1. The quantitative estimate of drug-likeness (QED) is 0.672. The SMILES string of the molecule is CCNC(=O)c1cccc(NC(=O)CSc2n[nH]c(CC)n2)c1. The van der Waals surface area contributed by atoms with Gasteiger partial charge in [0.2, 0.25) is 11.1 Å². The lowest BCUT2D eigenvalue weighted by Gasteiger charge is -2.07. The Hall–Kier alpha value is -2.35. The van der Waals surface area contributed by atoms with Gasteiger partial charge in [0.1, 0.15) is 5.82 Å². The molecular weight excluding hydrogens is 314 g/mol. The molecule has 0 bridgehead atoms. The third kappa shape index (κ3) is 5.10. The smallest absolute Gasteiger partial charge is 0.251 e. The van der Waals surface area contributed by atoms with Gasteiger partial charge in [-0.2, -0.15) is 0 Å². The summed E-state index contributed by atoms with van der Waals surface area (Å²) in [6.07, 6.45) is 0.770. The highest BCUT2D eigenvalue weighted by Crippen LogP contribution is 2.15. The van der Waals surface area contributed by atoms with E-state index in [0.29, 0.717) is 23.0 Å². The largest absolute Gasteiger partial charge is 0.352 e. The topological polar surface area (TPSA) is 99.8 Å². The molecule has 3 N–H and O–H groups in total. The van der Waals surface area contributed by atoms with Crippen molar-refractivity contribution in [2.75, 3.05) is 17.6 Å². The van der Waals surface area contributed by atoms with Crippen LogP contribution in [-0.4, -0.2) is 39.3 Å². The molecule has 8 heteroatoms. The number of aryl methyl sites for hydroxylation is 1. The molecule has 0 fully saturated rings. The van der Waals surface area contributed by atoms with Crippen LogP contribution in [0.15, 0.2) is 29.4 Å². The monoisotopic (exact) mass is 333 g/mol. The Morgan fingerprint density at radius 2 is 2.13 bits per heavy atom. The minimum Gasteiger partial charge on any atom is -0.352 e. The summed E-state index contributed by atoms with van der Waals surface area (Å²) < 4.78 is 0. The zero-order valence-electron chi connectivity index (χ0n) is 13.0. The second kappa shape index (κ2) is 8.33. The number of thioether (sulfide) groups is 1. The summed E-state index contributed by atoms with van der Waals surface area (Å²) in [4.78, 5) is 28.0. The van der Waals surface area contributed by atoms with Crippen molar-refractivity contribution in [3.63, 3.8) is 0 Å². The van der Waals surface area contributed by atoms with E-state index in [-0.39, 0.29) is 17.6 Å². The minimum atomic E-state index is -0.175. The normalized spacial score (nSPS) is 10.3. The van der Waals surface area contributed by atoms with Gasteiger partial charge in [-0.1, -0.05) is 24.8 Å². The molecule has 0 aliphatic heterocycles. The predicted molar refractivity (Wildman–Crippen MR) is 89.6 cm³/mol. The number of carbonyl (C=O) groups is 2. The molecular formula is C15H19N5O2S. The van der Waals surface area contributed by atoms with E-state index in [2.05, 4.69) is 25.8 Å². The maximum atomic E-state index is 12.0. The molecule has 0 spiro atoms. The molecule has 2 amide bonds. The lowest BCUT2D eigenvalue weighted by atomic mass is 10.2. The molecule has 0 unspecified atom stereocenters. The number of carbonyl (C=O) groups excluding carboxylic acids is 2. The molecule has 2 aromatic rings. The fourth-order valence-corrected chi connectivity index (χ4v) is 2.45. The Morgan fingerprint density at radius 1 is 1.30 bits per heavy atom. The van der Waals surface area contributed by atoms with Gasteiger partial charge in [-0.05, 0) is 25.1 Å². The van der Waals surface area contributed by atoms with Crippen molar-refractivity contribution >= 4 is 29.3 Å². The van der Waals surface area contributed by atoms with Crippen LogP contribution >= 0.6 is 11.8 Å². The van der Waals surface area contributed by atoms with Crippen LogP contribution in [0, 0.1) is 0 Å².